The molecule has 0 bridgehead atoms. The van der Waals surface area contributed by atoms with Gasteiger partial charge in [-0.05, 0) is 31.1 Å². The summed E-state index contributed by atoms with van der Waals surface area (Å²) in [5, 5.41) is 0. The Kier molecular flexibility index (Phi) is 37.9. The van der Waals surface area contributed by atoms with Gasteiger partial charge in [-0.3, -0.25) is 14.4 Å². The zero-order valence-corrected chi connectivity index (χ0v) is 35.4. The van der Waals surface area contributed by atoms with Crippen LogP contribution in [0.15, 0.2) is 0 Å². The van der Waals surface area contributed by atoms with Gasteiger partial charge in [0.25, 0.3) is 0 Å². The molecule has 6 heteroatoms. The molecule has 52 heavy (non-hydrogen) atoms. The Balaban J connectivity index is 4.31. The SMILES string of the molecule is CCCCCCCCCCCCCC(=O)OC[C@H](COC(=O)CCCCCCCCCCCCC(C)CC)OC(=O)CCCCCCCCC(C)C. The van der Waals surface area contributed by atoms with Crippen molar-refractivity contribution in [3.63, 3.8) is 0 Å². The van der Waals surface area contributed by atoms with E-state index in [1.54, 1.807) is 0 Å². The maximum absolute atomic E-state index is 12.7. The van der Waals surface area contributed by atoms with E-state index in [0.29, 0.717) is 19.3 Å². The number of unbranched alkanes of at least 4 members (excludes halogenated alkanes) is 24. The van der Waals surface area contributed by atoms with E-state index in [0.717, 1.165) is 69.6 Å². The fraction of sp³-hybridized carbons (Fsp3) is 0.935. The average molecular weight is 737 g/mol. The van der Waals surface area contributed by atoms with Crippen molar-refractivity contribution in [2.24, 2.45) is 11.8 Å². The Morgan fingerprint density at radius 3 is 1.10 bits per heavy atom. The highest BCUT2D eigenvalue weighted by Gasteiger charge is 2.19. The molecule has 0 rings (SSSR count). The summed E-state index contributed by atoms with van der Waals surface area (Å²) >= 11 is 0. The van der Waals surface area contributed by atoms with Crippen LogP contribution in [0.3, 0.4) is 0 Å². The molecule has 0 aromatic rings. The van der Waals surface area contributed by atoms with Crippen LogP contribution in [0.25, 0.3) is 0 Å². The molecule has 0 fully saturated rings. The molecule has 0 aromatic heterocycles. The Labute approximate surface area is 323 Å². The van der Waals surface area contributed by atoms with Crippen LogP contribution in [0.2, 0.25) is 0 Å². The van der Waals surface area contributed by atoms with Crippen molar-refractivity contribution < 1.29 is 28.6 Å². The molecular formula is C46H88O6. The molecule has 0 spiro atoms. The third kappa shape index (κ3) is 38.1. The van der Waals surface area contributed by atoms with Crippen LogP contribution >= 0.6 is 0 Å². The number of hydrogen-bond donors (Lipinski definition) is 0. The van der Waals surface area contributed by atoms with Gasteiger partial charge in [0.2, 0.25) is 0 Å². The number of hydrogen-bond acceptors (Lipinski definition) is 6. The molecule has 2 atom stereocenters. The van der Waals surface area contributed by atoms with Crippen LogP contribution in [0.5, 0.6) is 0 Å². The monoisotopic (exact) mass is 737 g/mol. The first-order valence-corrected chi connectivity index (χ1v) is 22.8. The van der Waals surface area contributed by atoms with E-state index in [1.165, 1.54) is 135 Å². The van der Waals surface area contributed by atoms with Crippen LogP contribution in [0, 0.1) is 11.8 Å². The van der Waals surface area contributed by atoms with E-state index in [-0.39, 0.29) is 31.1 Å². The quantitative estimate of drug-likeness (QED) is 0.0354. The lowest BCUT2D eigenvalue weighted by Crippen LogP contribution is -2.30. The molecule has 0 radical (unpaired) electrons. The first-order valence-electron chi connectivity index (χ1n) is 22.8. The molecule has 0 amide bonds. The second-order valence-corrected chi connectivity index (χ2v) is 16.4. The zero-order chi connectivity index (χ0) is 38.3. The maximum Gasteiger partial charge on any atom is 0.306 e. The highest BCUT2D eigenvalue weighted by molar-refractivity contribution is 5.71. The molecule has 0 aliphatic carbocycles. The zero-order valence-electron chi connectivity index (χ0n) is 35.4. The van der Waals surface area contributed by atoms with Gasteiger partial charge in [0.05, 0.1) is 0 Å². The molecule has 6 nitrogen and oxygen atoms in total. The van der Waals surface area contributed by atoms with Gasteiger partial charge < -0.3 is 14.2 Å². The normalized spacial score (nSPS) is 12.6. The molecule has 1 unspecified atom stereocenters. The third-order valence-electron chi connectivity index (χ3n) is 10.6. The van der Waals surface area contributed by atoms with E-state index < -0.39 is 6.10 Å². The molecule has 0 aliphatic rings. The second-order valence-electron chi connectivity index (χ2n) is 16.4. The van der Waals surface area contributed by atoms with Gasteiger partial charge in [-0.15, -0.1) is 0 Å². The van der Waals surface area contributed by atoms with E-state index >= 15 is 0 Å². The fourth-order valence-electron chi connectivity index (χ4n) is 6.72. The largest absolute Gasteiger partial charge is 0.462 e. The first kappa shape index (κ1) is 50.4. The van der Waals surface area contributed by atoms with Crippen LogP contribution in [0.4, 0.5) is 0 Å². The first-order chi connectivity index (χ1) is 25.3. The minimum atomic E-state index is -0.760. The van der Waals surface area contributed by atoms with E-state index in [9.17, 15) is 14.4 Å². The van der Waals surface area contributed by atoms with Gasteiger partial charge in [0.1, 0.15) is 13.2 Å². The van der Waals surface area contributed by atoms with Gasteiger partial charge >= 0.3 is 17.9 Å². The number of esters is 3. The minimum Gasteiger partial charge on any atom is -0.462 e. The molecular weight excluding hydrogens is 648 g/mol. The summed E-state index contributed by atoms with van der Waals surface area (Å²) in [5.74, 6) is 0.766. The second kappa shape index (κ2) is 39.1. The Morgan fingerprint density at radius 1 is 0.404 bits per heavy atom. The fourth-order valence-corrected chi connectivity index (χ4v) is 6.72. The third-order valence-corrected chi connectivity index (χ3v) is 10.6. The lowest BCUT2D eigenvalue weighted by atomic mass is 9.99. The minimum absolute atomic E-state index is 0.0659. The van der Waals surface area contributed by atoms with Gasteiger partial charge in [0.15, 0.2) is 6.10 Å². The summed E-state index contributed by atoms with van der Waals surface area (Å²) in [5.41, 5.74) is 0. The number of carbonyl (C=O) groups excluding carboxylic acids is 3. The van der Waals surface area contributed by atoms with Gasteiger partial charge in [-0.25, -0.2) is 0 Å². The predicted molar refractivity (Wildman–Crippen MR) is 220 cm³/mol. The Morgan fingerprint density at radius 2 is 0.731 bits per heavy atom. The van der Waals surface area contributed by atoms with E-state index in [4.69, 9.17) is 14.2 Å². The summed E-state index contributed by atoms with van der Waals surface area (Å²) in [4.78, 5) is 37.6. The Hall–Kier alpha value is -1.59. The van der Waals surface area contributed by atoms with Crippen molar-refractivity contribution in [2.75, 3.05) is 13.2 Å². The van der Waals surface area contributed by atoms with E-state index in [1.807, 2.05) is 0 Å². The van der Waals surface area contributed by atoms with Gasteiger partial charge in [-0.1, -0.05) is 208 Å². The summed E-state index contributed by atoms with van der Waals surface area (Å²) < 4.78 is 16.7. The number of rotatable bonds is 40. The van der Waals surface area contributed by atoms with Crippen molar-refractivity contribution in [3.05, 3.63) is 0 Å². The summed E-state index contributed by atoms with van der Waals surface area (Å²) in [6.45, 7) is 11.3. The number of ether oxygens (including phenoxy) is 3. The van der Waals surface area contributed by atoms with Crippen LogP contribution < -0.4 is 0 Å². The topological polar surface area (TPSA) is 78.9 Å². The van der Waals surface area contributed by atoms with Gasteiger partial charge in [-0.2, -0.15) is 0 Å². The predicted octanol–water partition coefficient (Wildman–Crippen LogP) is 14.2. The lowest BCUT2D eigenvalue weighted by molar-refractivity contribution is -0.167. The molecule has 0 N–H and O–H groups in total. The molecule has 0 aliphatic heterocycles. The summed E-state index contributed by atoms with van der Waals surface area (Å²) in [6, 6.07) is 0. The molecule has 0 aromatic carbocycles. The van der Waals surface area contributed by atoms with Crippen molar-refractivity contribution in [1.82, 2.24) is 0 Å². The maximum atomic E-state index is 12.7. The summed E-state index contributed by atoms with van der Waals surface area (Å²) in [6.07, 6.45) is 36.6. The van der Waals surface area contributed by atoms with Gasteiger partial charge in [0, 0.05) is 19.3 Å². The smallest absolute Gasteiger partial charge is 0.306 e. The standard InChI is InChI=1S/C46H88O6/c1-6-8-9-10-11-12-13-17-20-26-31-36-44(47)50-39-43(52-46(49)38-33-28-23-22-24-29-34-41(3)4)40-51-45(48)37-32-27-21-18-15-14-16-19-25-30-35-42(5)7-2/h41-43H,6-40H2,1-5H3/t42?,43-/m1/s1. The van der Waals surface area contributed by atoms with Crippen molar-refractivity contribution >= 4 is 17.9 Å². The average Bonchev–Trinajstić information content (AvgIpc) is 3.12. The van der Waals surface area contributed by atoms with Crippen molar-refractivity contribution in [1.29, 1.82) is 0 Å². The van der Waals surface area contributed by atoms with Crippen LogP contribution in [0.1, 0.15) is 247 Å². The van der Waals surface area contributed by atoms with Crippen molar-refractivity contribution in [2.45, 2.75) is 253 Å². The lowest BCUT2D eigenvalue weighted by Gasteiger charge is -2.18. The Bertz CT molecular complexity index is 796. The van der Waals surface area contributed by atoms with Crippen LogP contribution in [-0.2, 0) is 28.6 Å². The molecule has 0 saturated heterocycles. The van der Waals surface area contributed by atoms with Crippen LogP contribution in [-0.4, -0.2) is 37.2 Å². The number of carbonyl (C=O) groups is 3. The highest BCUT2D eigenvalue weighted by atomic mass is 16.6. The molecule has 308 valence electrons. The molecule has 0 saturated carbocycles. The highest BCUT2D eigenvalue weighted by Crippen LogP contribution is 2.17. The molecule has 0 heterocycles. The van der Waals surface area contributed by atoms with E-state index in [2.05, 4.69) is 34.6 Å². The van der Waals surface area contributed by atoms with Crippen molar-refractivity contribution in [3.8, 4) is 0 Å². The summed E-state index contributed by atoms with van der Waals surface area (Å²) in [7, 11) is 0.